The molecule has 0 aliphatic carbocycles. The zero-order valence-electron chi connectivity index (χ0n) is 16.1. The maximum Gasteiger partial charge on any atom is 0.328 e. The number of nitrogens with two attached hydrogens (primary N) is 1. The number of aliphatic carboxylic acids is 1. The zero-order valence-corrected chi connectivity index (χ0v) is 16.1. The Hall–Kier alpha value is -2.24. The van der Waals surface area contributed by atoms with Crippen LogP contribution in [-0.4, -0.2) is 87.8 Å². The number of carboxylic acids is 1. The van der Waals surface area contributed by atoms with Gasteiger partial charge in [-0.25, -0.2) is 4.79 Å². The maximum atomic E-state index is 12.6. The van der Waals surface area contributed by atoms with Crippen molar-refractivity contribution in [2.45, 2.75) is 57.3 Å². The van der Waals surface area contributed by atoms with Crippen LogP contribution in [0.4, 0.5) is 0 Å². The third-order valence-electron chi connectivity index (χ3n) is 4.49. The van der Waals surface area contributed by atoms with E-state index < -0.39 is 55.2 Å². The van der Waals surface area contributed by atoms with Crippen molar-refractivity contribution in [1.82, 2.24) is 15.5 Å². The van der Waals surface area contributed by atoms with Crippen molar-refractivity contribution in [3.63, 3.8) is 0 Å². The summed E-state index contributed by atoms with van der Waals surface area (Å²) in [6.07, 6.45) is 1.46. The number of hydrogen-bond acceptors (Lipinski definition) is 7. The first-order chi connectivity index (χ1) is 13.1. The average molecular weight is 402 g/mol. The second-order valence-corrected chi connectivity index (χ2v) is 7.25. The first kappa shape index (κ1) is 23.8. The Labute approximate surface area is 163 Å². The van der Waals surface area contributed by atoms with Gasteiger partial charge in [0.15, 0.2) is 0 Å². The Morgan fingerprint density at radius 3 is 2.21 bits per heavy atom. The largest absolute Gasteiger partial charge is 0.480 e. The third-order valence-corrected chi connectivity index (χ3v) is 4.49. The fourth-order valence-electron chi connectivity index (χ4n) is 3.04. The molecule has 28 heavy (non-hydrogen) atoms. The van der Waals surface area contributed by atoms with Crippen LogP contribution in [0.2, 0.25) is 0 Å². The lowest BCUT2D eigenvalue weighted by atomic mass is 10.0. The molecule has 1 saturated heterocycles. The molecular formula is C17H30N4O7. The van der Waals surface area contributed by atoms with Crippen LogP contribution in [0.15, 0.2) is 0 Å². The van der Waals surface area contributed by atoms with E-state index in [-0.39, 0.29) is 11.8 Å². The van der Waals surface area contributed by atoms with Crippen molar-refractivity contribution < 1.29 is 34.5 Å². The van der Waals surface area contributed by atoms with Crippen molar-refractivity contribution in [3.8, 4) is 0 Å². The lowest BCUT2D eigenvalue weighted by Gasteiger charge is -2.28. The number of carbonyl (C=O) groups is 4. The molecule has 0 aromatic heterocycles. The normalized spacial score (nSPS) is 19.8. The molecule has 3 amide bonds. The number of amides is 3. The number of carbonyl (C=O) groups excluding carboxylic acids is 3. The molecule has 4 atom stereocenters. The quantitative estimate of drug-likeness (QED) is 0.230. The summed E-state index contributed by atoms with van der Waals surface area (Å²) in [5.41, 5.74) is 5.93. The molecule has 0 aromatic carbocycles. The summed E-state index contributed by atoms with van der Waals surface area (Å²) in [6.45, 7) is 2.62. The van der Waals surface area contributed by atoms with E-state index in [1.807, 2.05) is 19.2 Å². The number of aliphatic hydroxyl groups excluding tert-OH is 2. The number of nitrogens with one attached hydrogen (secondary N) is 2. The Kier molecular flexibility index (Phi) is 9.29. The van der Waals surface area contributed by atoms with Crippen LogP contribution in [0.5, 0.6) is 0 Å². The summed E-state index contributed by atoms with van der Waals surface area (Å²) >= 11 is 0. The molecule has 1 fully saturated rings. The molecule has 0 bridgehead atoms. The monoisotopic (exact) mass is 402 g/mol. The highest BCUT2D eigenvalue weighted by Gasteiger charge is 2.37. The zero-order chi connectivity index (χ0) is 21.4. The number of nitrogens with zero attached hydrogens (tertiary/aromatic N) is 1. The van der Waals surface area contributed by atoms with Crippen LogP contribution in [0.1, 0.15) is 33.1 Å². The van der Waals surface area contributed by atoms with E-state index in [4.69, 9.17) is 15.9 Å². The molecule has 1 aliphatic heterocycles. The summed E-state index contributed by atoms with van der Waals surface area (Å²) in [7, 11) is 0. The SMILES string of the molecule is CC(C)CC(N)C(=O)N1CCCC1C(=O)NC(CO)C(=O)NC(CO)C(=O)O. The summed E-state index contributed by atoms with van der Waals surface area (Å²) in [4.78, 5) is 49.5. The van der Waals surface area contributed by atoms with Gasteiger partial charge in [0.2, 0.25) is 17.7 Å². The molecule has 0 spiro atoms. The number of likely N-dealkylation sites (tertiary alicyclic amines) is 1. The molecule has 160 valence electrons. The van der Waals surface area contributed by atoms with E-state index in [1.54, 1.807) is 0 Å². The minimum Gasteiger partial charge on any atom is -0.480 e. The van der Waals surface area contributed by atoms with Crippen LogP contribution in [0, 0.1) is 5.92 Å². The van der Waals surface area contributed by atoms with E-state index >= 15 is 0 Å². The number of aliphatic hydroxyl groups is 2. The van der Waals surface area contributed by atoms with E-state index in [2.05, 4.69) is 5.32 Å². The van der Waals surface area contributed by atoms with Crippen molar-refractivity contribution in [1.29, 1.82) is 0 Å². The predicted molar refractivity (Wildman–Crippen MR) is 97.8 cm³/mol. The number of rotatable bonds is 10. The number of hydrogen-bond donors (Lipinski definition) is 6. The van der Waals surface area contributed by atoms with Crippen LogP contribution in [0.3, 0.4) is 0 Å². The molecule has 0 saturated carbocycles. The van der Waals surface area contributed by atoms with Gasteiger partial charge in [0, 0.05) is 6.54 Å². The van der Waals surface area contributed by atoms with E-state index in [0.717, 1.165) is 0 Å². The van der Waals surface area contributed by atoms with Gasteiger partial charge in [-0.1, -0.05) is 13.8 Å². The molecule has 7 N–H and O–H groups in total. The van der Waals surface area contributed by atoms with Gasteiger partial charge in [0.25, 0.3) is 0 Å². The smallest absolute Gasteiger partial charge is 0.328 e. The highest BCUT2D eigenvalue weighted by atomic mass is 16.4. The van der Waals surface area contributed by atoms with E-state index in [0.29, 0.717) is 25.8 Å². The highest BCUT2D eigenvalue weighted by molar-refractivity contribution is 5.94. The minimum atomic E-state index is -1.56. The maximum absolute atomic E-state index is 12.6. The topological polar surface area (TPSA) is 182 Å². The van der Waals surface area contributed by atoms with Gasteiger partial charge in [-0.3, -0.25) is 14.4 Å². The van der Waals surface area contributed by atoms with Crippen LogP contribution < -0.4 is 16.4 Å². The first-order valence-corrected chi connectivity index (χ1v) is 9.23. The van der Waals surface area contributed by atoms with Crippen molar-refractivity contribution in [2.75, 3.05) is 19.8 Å². The Balaban J connectivity index is 2.76. The molecule has 0 aromatic rings. The Morgan fingerprint density at radius 1 is 1.11 bits per heavy atom. The van der Waals surface area contributed by atoms with Gasteiger partial charge in [-0.2, -0.15) is 0 Å². The lowest BCUT2D eigenvalue weighted by Crippen LogP contribution is -2.58. The highest BCUT2D eigenvalue weighted by Crippen LogP contribution is 2.20. The summed E-state index contributed by atoms with van der Waals surface area (Å²) in [6, 6.07) is -4.52. The van der Waals surface area contributed by atoms with Crippen molar-refractivity contribution >= 4 is 23.7 Å². The van der Waals surface area contributed by atoms with Crippen LogP contribution >= 0.6 is 0 Å². The molecule has 11 nitrogen and oxygen atoms in total. The summed E-state index contributed by atoms with van der Waals surface area (Å²) < 4.78 is 0. The fraction of sp³-hybridized carbons (Fsp3) is 0.765. The molecule has 11 heteroatoms. The second-order valence-electron chi connectivity index (χ2n) is 7.25. The molecule has 1 aliphatic rings. The van der Waals surface area contributed by atoms with Gasteiger partial charge in [0.05, 0.1) is 19.3 Å². The van der Waals surface area contributed by atoms with Gasteiger partial charge in [-0.05, 0) is 25.2 Å². The lowest BCUT2D eigenvalue weighted by molar-refractivity contribution is -0.144. The predicted octanol–water partition coefficient (Wildman–Crippen LogP) is -2.61. The van der Waals surface area contributed by atoms with E-state index in [1.165, 1.54) is 4.90 Å². The summed E-state index contributed by atoms with van der Waals surface area (Å²) in [5.74, 6) is -3.17. The average Bonchev–Trinajstić information content (AvgIpc) is 3.11. The molecule has 1 heterocycles. The Bertz CT molecular complexity index is 584. The van der Waals surface area contributed by atoms with Crippen molar-refractivity contribution in [3.05, 3.63) is 0 Å². The standard InChI is InChI=1S/C17H30N4O7/c1-9(2)6-10(18)16(26)21-5-3-4-13(21)15(25)19-11(7-22)14(24)20-12(8-23)17(27)28/h9-13,22-23H,3-8,18H2,1-2H3,(H,19,25)(H,20,24)(H,27,28). The number of carboxylic acid groups (broad SMARTS) is 1. The van der Waals surface area contributed by atoms with Crippen LogP contribution in [-0.2, 0) is 19.2 Å². The Morgan fingerprint density at radius 2 is 1.71 bits per heavy atom. The van der Waals surface area contributed by atoms with E-state index in [9.17, 15) is 24.3 Å². The van der Waals surface area contributed by atoms with Crippen LogP contribution in [0.25, 0.3) is 0 Å². The molecule has 4 unspecified atom stereocenters. The van der Waals surface area contributed by atoms with Gasteiger partial charge < -0.3 is 36.6 Å². The fourth-order valence-corrected chi connectivity index (χ4v) is 3.04. The van der Waals surface area contributed by atoms with Gasteiger partial charge >= 0.3 is 5.97 Å². The van der Waals surface area contributed by atoms with Crippen molar-refractivity contribution in [2.24, 2.45) is 11.7 Å². The minimum absolute atomic E-state index is 0.213. The molecule has 0 radical (unpaired) electrons. The van der Waals surface area contributed by atoms with Gasteiger partial charge in [0.1, 0.15) is 18.1 Å². The first-order valence-electron chi connectivity index (χ1n) is 9.23. The second kappa shape index (κ2) is 10.9. The molecule has 1 rings (SSSR count). The summed E-state index contributed by atoms with van der Waals surface area (Å²) in [5, 5.41) is 31.6. The van der Waals surface area contributed by atoms with Gasteiger partial charge in [-0.15, -0.1) is 0 Å². The molecular weight excluding hydrogens is 372 g/mol. The third kappa shape index (κ3) is 6.43.